The van der Waals surface area contributed by atoms with Gasteiger partial charge in [0.05, 0.1) is 17.6 Å². The van der Waals surface area contributed by atoms with E-state index in [-0.39, 0.29) is 12.0 Å². The summed E-state index contributed by atoms with van der Waals surface area (Å²) in [5.74, 6) is 0.917. The van der Waals surface area contributed by atoms with Gasteiger partial charge in [0, 0.05) is 11.8 Å². The summed E-state index contributed by atoms with van der Waals surface area (Å²) in [5.41, 5.74) is 2.50. The lowest BCUT2D eigenvalue weighted by atomic mass is 9.94. The molecule has 4 rings (SSSR count). The third-order valence-corrected chi connectivity index (χ3v) is 4.96. The van der Waals surface area contributed by atoms with Gasteiger partial charge in [-0.25, -0.2) is 0 Å². The molecule has 0 saturated heterocycles. The van der Waals surface area contributed by atoms with E-state index in [0.717, 1.165) is 29.8 Å². The van der Waals surface area contributed by atoms with E-state index in [9.17, 15) is 10.2 Å². The number of hydrogen-bond donors (Lipinski definition) is 2. The van der Waals surface area contributed by atoms with E-state index in [1.165, 1.54) is 5.56 Å². The van der Waals surface area contributed by atoms with Crippen LogP contribution >= 0.6 is 0 Å². The molecule has 0 spiro atoms. The number of benzene rings is 1. The molecule has 0 bridgehead atoms. The number of pyridine rings is 1. The zero-order valence-corrected chi connectivity index (χ0v) is 13.9. The summed E-state index contributed by atoms with van der Waals surface area (Å²) in [4.78, 5) is 0. The number of aromatic nitrogens is 3. The molecule has 0 atom stereocenters. The maximum atomic E-state index is 10.4. The summed E-state index contributed by atoms with van der Waals surface area (Å²) in [6, 6.07) is 11.9. The molecule has 3 aromatic rings. The van der Waals surface area contributed by atoms with Gasteiger partial charge >= 0.3 is 0 Å². The molecule has 5 heteroatoms. The van der Waals surface area contributed by atoms with E-state index in [1.54, 1.807) is 13.8 Å². The Kier molecular flexibility index (Phi) is 3.27. The first-order chi connectivity index (χ1) is 11.5. The summed E-state index contributed by atoms with van der Waals surface area (Å²) in [5, 5.41) is 28.5. The van der Waals surface area contributed by atoms with Crippen molar-refractivity contribution in [3.63, 3.8) is 0 Å². The first-order valence-electron chi connectivity index (χ1n) is 8.23. The number of aliphatic hydroxyl groups is 2. The molecular formula is C19H21N3O2. The van der Waals surface area contributed by atoms with Crippen LogP contribution < -0.4 is 0 Å². The van der Waals surface area contributed by atoms with Gasteiger partial charge < -0.3 is 10.2 Å². The second-order valence-corrected chi connectivity index (χ2v) is 7.14. The summed E-state index contributed by atoms with van der Waals surface area (Å²) in [6.45, 7) is 3.57. The zero-order chi connectivity index (χ0) is 16.9. The van der Waals surface area contributed by atoms with Crippen LogP contribution in [0.5, 0.6) is 0 Å². The average Bonchev–Trinajstić information content (AvgIpc) is 3.26. The monoisotopic (exact) mass is 323 g/mol. The summed E-state index contributed by atoms with van der Waals surface area (Å²) < 4.78 is 2.00. The van der Waals surface area contributed by atoms with Crippen LogP contribution in [0.15, 0.2) is 42.6 Å². The average molecular weight is 323 g/mol. The fourth-order valence-corrected chi connectivity index (χ4v) is 3.42. The van der Waals surface area contributed by atoms with E-state index < -0.39 is 5.60 Å². The van der Waals surface area contributed by atoms with Gasteiger partial charge in [0.15, 0.2) is 5.65 Å². The van der Waals surface area contributed by atoms with Crippen molar-refractivity contribution >= 4 is 5.65 Å². The Morgan fingerprint density at radius 1 is 1.12 bits per heavy atom. The third-order valence-electron chi connectivity index (χ3n) is 4.96. The Labute approximate surface area is 140 Å². The lowest BCUT2D eigenvalue weighted by Crippen LogP contribution is -2.18. The maximum Gasteiger partial charge on any atom is 0.166 e. The van der Waals surface area contributed by atoms with Crippen LogP contribution in [0.3, 0.4) is 0 Å². The molecule has 1 aromatic carbocycles. The van der Waals surface area contributed by atoms with Crippen LogP contribution in [0, 0.1) is 0 Å². The second kappa shape index (κ2) is 5.13. The third kappa shape index (κ3) is 2.24. The van der Waals surface area contributed by atoms with Crippen LogP contribution in [-0.4, -0.2) is 24.8 Å². The lowest BCUT2D eigenvalue weighted by molar-refractivity contribution is 0.0796. The molecular weight excluding hydrogens is 302 g/mol. The Balaban J connectivity index is 1.84. The van der Waals surface area contributed by atoms with E-state index >= 15 is 0 Å². The lowest BCUT2D eigenvalue weighted by Gasteiger charge is -2.19. The maximum absolute atomic E-state index is 10.4. The summed E-state index contributed by atoms with van der Waals surface area (Å²) in [6.07, 6.45) is 4.01. The van der Waals surface area contributed by atoms with Gasteiger partial charge in [-0.15, -0.1) is 10.2 Å². The Morgan fingerprint density at radius 2 is 1.83 bits per heavy atom. The van der Waals surface area contributed by atoms with Gasteiger partial charge in [-0.3, -0.25) is 4.40 Å². The van der Waals surface area contributed by atoms with Crippen LogP contribution in [0.4, 0.5) is 0 Å². The molecule has 24 heavy (non-hydrogen) atoms. The molecule has 0 aliphatic heterocycles. The fourth-order valence-electron chi connectivity index (χ4n) is 3.42. The molecule has 1 aliphatic rings. The van der Waals surface area contributed by atoms with E-state index in [1.807, 2.05) is 34.9 Å². The predicted octanol–water partition coefficient (Wildman–Crippen LogP) is 2.53. The van der Waals surface area contributed by atoms with Gasteiger partial charge in [0.25, 0.3) is 0 Å². The van der Waals surface area contributed by atoms with Crippen molar-refractivity contribution < 1.29 is 10.2 Å². The van der Waals surface area contributed by atoms with E-state index in [4.69, 9.17) is 0 Å². The normalized spacial score (nSPS) is 16.5. The molecule has 5 nitrogen and oxygen atoms in total. The van der Waals surface area contributed by atoms with Crippen molar-refractivity contribution in [3.05, 3.63) is 65.1 Å². The highest BCUT2D eigenvalue weighted by Gasteiger charge is 2.49. The standard InChI is InChI=1S/C19H21N3O2/c1-18(2,24)15-4-3-11-22-16(15)20-21-17(22)19(9-10-19)14-7-5-13(12-23)6-8-14/h3-8,11,23-24H,9-10,12H2,1-2H3. The van der Waals surface area contributed by atoms with Gasteiger partial charge in [0.1, 0.15) is 5.82 Å². The highest BCUT2D eigenvalue weighted by molar-refractivity contribution is 5.53. The van der Waals surface area contributed by atoms with Crippen LogP contribution in [0.1, 0.15) is 49.2 Å². The van der Waals surface area contributed by atoms with Crippen LogP contribution in [-0.2, 0) is 17.6 Å². The minimum Gasteiger partial charge on any atom is -0.392 e. The quantitative estimate of drug-likeness (QED) is 0.774. The van der Waals surface area contributed by atoms with Crippen molar-refractivity contribution in [2.24, 2.45) is 0 Å². The molecule has 0 radical (unpaired) electrons. The predicted molar refractivity (Wildman–Crippen MR) is 90.6 cm³/mol. The number of rotatable bonds is 4. The first kappa shape index (κ1) is 15.3. The molecule has 2 N–H and O–H groups in total. The first-order valence-corrected chi connectivity index (χ1v) is 8.23. The van der Waals surface area contributed by atoms with E-state index in [0.29, 0.717) is 5.65 Å². The molecule has 0 amide bonds. The SMILES string of the molecule is CC(C)(O)c1cccn2c(C3(c4ccc(CO)cc4)CC3)nnc12. The van der Waals surface area contributed by atoms with E-state index in [2.05, 4.69) is 22.3 Å². The summed E-state index contributed by atoms with van der Waals surface area (Å²) >= 11 is 0. The van der Waals surface area contributed by atoms with Crippen molar-refractivity contribution in [2.75, 3.05) is 0 Å². The molecule has 2 aromatic heterocycles. The Hall–Kier alpha value is -2.24. The molecule has 2 heterocycles. The van der Waals surface area contributed by atoms with Gasteiger partial charge in [-0.05, 0) is 43.9 Å². The van der Waals surface area contributed by atoms with Crippen molar-refractivity contribution in [1.29, 1.82) is 0 Å². The molecule has 0 unspecified atom stereocenters. The second-order valence-electron chi connectivity index (χ2n) is 7.14. The van der Waals surface area contributed by atoms with Gasteiger partial charge in [0.2, 0.25) is 0 Å². The topological polar surface area (TPSA) is 70.7 Å². The zero-order valence-electron chi connectivity index (χ0n) is 13.9. The molecule has 1 fully saturated rings. The van der Waals surface area contributed by atoms with Crippen molar-refractivity contribution in [2.45, 2.75) is 44.3 Å². The van der Waals surface area contributed by atoms with Gasteiger partial charge in [-0.1, -0.05) is 30.3 Å². The minimum absolute atomic E-state index is 0.0517. The largest absolute Gasteiger partial charge is 0.392 e. The molecule has 1 aliphatic carbocycles. The fraction of sp³-hybridized carbons (Fsp3) is 0.368. The van der Waals surface area contributed by atoms with Gasteiger partial charge in [-0.2, -0.15) is 0 Å². The summed E-state index contributed by atoms with van der Waals surface area (Å²) in [7, 11) is 0. The highest BCUT2D eigenvalue weighted by atomic mass is 16.3. The number of aliphatic hydroxyl groups excluding tert-OH is 1. The van der Waals surface area contributed by atoms with Crippen LogP contribution in [0.2, 0.25) is 0 Å². The minimum atomic E-state index is -0.966. The smallest absolute Gasteiger partial charge is 0.166 e. The molecule has 1 saturated carbocycles. The highest BCUT2D eigenvalue weighted by Crippen LogP contribution is 2.52. The van der Waals surface area contributed by atoms with Crippen molar-refractivity contribution in [3.8, 4) is 0 Å². The number of fused-ring (bicyclic) bond motifs is 1. The number of nitrogens with zero attached hydrogens (tertiary/aromatic N) is 3. The van der Waals surface area contributed by atoms with Crippen LogP contribution in [0.25, 0.3) is 5.65 Å². The number of hydrogen-bond acceptors (Lipinski definition) is 4. The Bertz CT molecular complexity index is 887. The molecule has 124 valence electrons. The van der Waals surface area contributed by atoms with Crippen molar-refractivity contribution in [1.82, 2.24) is 14.6 Å². The Morgan fingerprint density at radius 3 is 2.42 bits per heavy atom.